The van der Waals surface area contributed by atoms with E-state index in [0.717, 1.165) is 65.3 Å². The van der Waals surface area contributed by atoms with E-state index >= 15 is 0 Å². The maximum atomic E-state index is 12.9. The first-order valence-electron chi connectivity index (χ1n) is 12.5. The first-order chi connectivity index (χ1) is 17.5. The lowest BCUT2D eigenvalue weighted by atomic mass is 9.93. The number of nitrogens with zero attached hydrogens (tertiary/aromatic N) is 2. The number of likely N-dealkylation sites (tertiary alicyclic amines) is 1. The van der Waals surface area contributed by atoms with Gasteiger partial charge in [-0.2, -0.15) is 0 Å². The van der Waals surface area contributed by atoms with Crippen LogP contribution in [-0.2, 0) is 11.2 Å². The fourth-order valence-corrected chi connectivity index (χ4v) is 5.01. The Bertz CT molecular complexity index is 1490. The number of aromatic nitrogens is 2. The third kappa shape index (κ3) is 5.30. The smallest absolute Gasteiger partial charge is 0.269 e. The van der Waals surface area contributed by atoms with Gasteiger partial charge in [-0.05, 0) is 67.5 Å². The second-order valence-electron chi connectivity index (χ2n) is 9.63. The monoisotopic (exact) mass is 482 g/mol. The second kappa shape index (κ2) is 10.3. The number of para-hydroxylation sites is 1. The number of pyridine rings is 2. The van der Waals surface area contributed by atoms with Crippen LogP contribution in [0, 0.1) is 12.8 Å². The molecule has 1 aliphatic heterocycles. The molecule has 2 aromatic heterocycles. The van der Waals surface area contributed by atoms with E-state index in [9.17, 15) is 14.4 Å². The number of H-pyrrole nitrogens is 1. The molecule has 2 amide bonds. The number of amides is 2. The molecule has 4 aromatic rings. The molecular formula is C29H30N4O3. The summed E-state index contributed by atoms with van der Waals surface area (Å²) < 4.78 is 0. The maximum absolute atomic E-state index is 12.9. The minimum absolute atomic E-state index is 0.114. The molecule has 0 radical (unpaired) electrons. The molecule has 2 N–H and O–H groups in total. The predicted octanol–water partition coefficient (Wildman–Crippen LogP) is 3.99. The van der Waals surface area contributed by atoms with Crippen LogP contribution in [0.5, 0.6) is 0 Å². The third-order valence-corrected chi connectivity index (χ3v) is 7.11. The van der Waals surface area contributed by atoms with Crippen molar-refractivity contribution in [2.75, 3.05) is 19.6 Å². The summed E-state index contributed by atoms with van der Waals surface area (Å²) in [5.41, 5.74) is 3.79. The lowest BCUT2D eigenvalue weighted by molar-refractivity contribution is -0.131. The van der Waals surface area contributed by atoms with Gasteiger partial charge < -0.3 is 15.2 Å². The van der Waals surface area contributed by atoms with Crippen LogP contribution in [0.1, 0.15) is 40.9 Å². The number of aryl methyl sites for hydroxylation is 1. The van der Waals surface area contributed by atoms with E-state index in [2.05, 4.69) is 15.3 Å². The van der Waals surface area contributed by atoms with E-state index in [-0.39, 0.29) is 17.4 Å². The van der Waals surface area contributed by atoms with E-state index in [1.807, 2.05) is 60.4 Å². The highest BCUT2D eigenvalue weighted by atomic mass is 16.2. The van der Waals surface area contributed by atoms with Crippen molar-refractivity contribution in [3.05, 3.63) is 87.8 Å². The number of rotatable bonds is 6. The molecule has 184 valence electrons. The fourth-order valence-electron chi connectivity index (χ4n) is 5.01. The summed E-state index contributed by atoms with van der Waals surface area (Å²) in [7, 11) is 0. The molecule has 1 aliphatic rings. The van der Waals surface area contributed by atoms with Crippen LogP contribution >= 0.6 is 0 Å². The Morgan fingerprint density at radius 1 is 1.06 bits per heavy atom. The molecule has 7 nitrogen and oxygen atoms in total. The van der Waals surface area contributed by atoms with Gasteiger partial charge in [0.2, 0.25) is 11.5 Å². The number of hydrogen-bond acceptors (Lipinski definition) is 4. The highest BCUT2D eigenvalue weighted by Crippen LogP contribution is 2.22. The quantitative estimate of drug-likeness (QED) is 0.435. The van der Waals surface area contributed by atoms with Crippen molar-refractivity contribution >= 4 is 33.6 Å². The standard InChI is InChI=1S/C29H30N4O3/c1-19-16-27(34)32-25-8-6-21(17-23(19)25)18-28(35)33-14-11-20(12-15-33)10-13-30-29(36)26-9-7-22-4-2-3-5-24(22)31-26/h2-9,16-17,20H,10-15,18H2,1H3,(H,30,36)(H,32,34). The second-order valence-corrected chi connectivity index (χ2v) is 9.63. The van der Waals surface area contributed by atoms with Crippen LogP contribution < -0.4 is 10.9 Å². The predicted molar refractivity (Wildman–Crippen MR) is 141 cm³/mol. The van der Waals surface area contributed by atoms with Crippen molar-refractivity contribution < 1.29 is 9.59 Å². The van der Waals surface area contributed by atoms with Crippen LogP contribution in [0.15, 0.2) is 65.5 Å². The Morgan fingerprint density at radius 2 is 1.86 bits per heavy atom. The summed E-state index contributed by atoms with van der Waals surface area (Å²) in [6, 6.07) is 18.8. The highest BCUT2D eigenvalue weighted by Gasteiger charge is 2.23. The number of aromatic amines is 1. The van der Waals surface area contributed by atoms with E-state index in [0.29, 0.717) is 24.6 Å². The minimum Gasteiger partial charge on any atom is -0.351 e. The van der Waals surface area contributed by atoms with Gasteiger partial charge in [0, 0.05) is 42.0 Å². The average molecular weight is 483 g/mol. The minimum atomic E-state index is -0.150. The van der Waals surface area contributed by atoms with E-state index < -0.39 is 0 Å². The number of hydrogen-bond donors (Lipinski definition) is 2. The summed E-state index contributed by atoms with van der Waals surface area (Å²) in [6.45, 7) is 3.99. The number of piperidine rings is 1. The maximum Gasteiger partial charge on any atom is 0.269 e. The Labute approximate surface area is 209 Å². The van der Waals surface area contributed by atoms with Crippen LogP contribution in [0.3, 0.4) is 0 Å². The van der Waals surface area contributed by atoms with Crippen molar-refractivity contribution in [3.8, 4) is 0 Å². The van der Waals surface area contributed by atoms with Gasteiger partial charge in [0.05, 0.1) is 11.9 Å². The topological polar surface area (TPSA) is 95.2 Å². The zero-order chi connectivity index (χ0) is 25.1. The van der Waals surface area contributed by atoms with Crippen LogP contribution in [0.2, 0.25) is 0 Å². The largest absolute Gasteiger partial charge is 0.351 e. The van der Waals surface area contributed by atoms with Gasteiger partial charge in [0.25, 0.3) is 5.91 Å². The van der Waals surface area contributed by atoms with Gasteiger partial charge >= 0.3 is 0 Å². The molecule has 0 saturated carbocycles. The van der Waals surface area contributed by atoms with Gasteiger partial charge in [-0.1, -0.05) is 30.3 Å². The third-order valence-electron chi connectivity index (χ3n) is 7.11. The zero-order valence-corrected chi connectivity index (χ0v) is 20.4. The molecule has 2 aromatic carbocycles. The van der Waals surface area contributed by atoms with E-state index in [1.165, 1.54) is 0 Å². The average Bonchev–Trinajstić information content (AvgIpc) is 2.89. The van der Waals surface area contributed by atoms with Gasteiger partial charge in [0.15, 0.2) is 0 Å². The molecule has 36 heavy (non-hydrogen) atoms. The summed E-state index contributed by atoms with van der Waals surface area (Å²) in [4.78, 5) is 46.3. The molecule has 1 saturated heterocycles. The van der Waals surface area contributed by atoms with Crippen molar-refractivity contribution in [3.63, 3.8) is 0 Å². The number of carbonyl (C=O) groups excluding carboxylic acids is 2. The van der Waals surface area contributed by atoms with Gasteiger partial charge in [0.1, 0.15) is 5.69 Å². The Hall–Kier alpha value is -4.00. The molecular weight excluding hydrogens is 452 g/mol. The Balaban J connectivity index is 1.09. The van der Waals surface area contributed by atoms with Gasteiger partial charge in [-0.15, -0.1) is 0 Å². The summed E-state index contributed by atoms with van der Waals surface area (Å²) >= 11 is 0. The number of benzene rings is 2. The molecule has 0 aliphatic carbocycles. The molecule has 0 bridgehead atoms. The van der Waals surface area contributed by atoms with Crippen molar-refractivity contribution in [1.82, 2.24) is 20.2 Å². The molecule has 5 rings (SSSR count). The van der Waals surface area contributed by atoms with Crippen LogP contribution in [0.25, 0.3) is 21.8 Å². The van der Waals surface area contributed by atoms with Crippen molar-refractivity contribution in [1.29, 1.82) is 0 Å². The lowest BCUT2D eigenvalue weighted by Crippen LogP contribution is -2.40. The van der Waals surface area contributed by atoms with Gasteiger partial charge in [-0.25, -0.2) is 4.98 Å². The summed E-state index contributed by atoms with van der Waals surface area (Å²) in [5, 5.41) is 4.98. The van der Waals surface area contributed by atoms with E-state index in [4.69, 9.17) is 0 Å². The van der Waals surface area contributed by atoms with Crippen LogP contribution in [0.4, 0.5) is 0 Å². The van der Waals surface area contributed by atoms with Gasteiger partial charge in [-0.3, -0.25) is 14.4 Å². The van der Waals surface area contributed by atoms with E-state index in [1.54, 1.807) is 12.1 Å². The number of carbonyl (C=O) groups is 2. The first kappa shape index (κ1) is 23.7. The SMILES string of the molecule is Cc1cc(=O)[nH]c2ccc(CC(=O)N3CCC(CCNC(=O)c4ccc5ccccc5n4)CC3)cc12. The van der Waals surface area contributed by atoms with Crippen LogP contribution in [-0.4, -0.2) is 46.3 Å². The van der Waals surface area contributed by atoms with Crippen molar-refractivity contribution in [2.24, 2.45) is 5.92 Å². The summed E-state index contributed by atoms with van der Waals surface area (Å²) in [5.74, 6) is 0.465. The first-order valence-corrected chi connectivity index (χ1v) is 12.5. The molecule has 7 heteroatoms. The highest BCUT2D eigenvalue weighted by molar-refractivity contribution is 5.94. The summed E-state index contributed by atoms with van der Waals surface area (Å²) in [6.07, 6.45) is 3.12. The molecule has 1 fully saturated rings. The molecule has 0 spiro atoms. The molecule has 0 atom stereocenters. The normalized spacial score (nSPS) is 14.3. The lowest BCUT2D eigenvalue weighted by Gasteiger charge is -2.32. The fraction of sp³-hybridized carbons (Fsp3) is 0.310. The zero-order valence-electron chi connectivity index (χ0n) is 20.4. The molecule has 0 unspecified atom stereocenters. The number of nitrogens with one attached hydrogen (secondary N) is 2. The Kier molecular flexibility index (Phi) is 6.80. The Morgan fingerprint density at radius 3 is 2.69 bits per heavy atom. The van der Waals surface area contributed by atoms with Crippen molar-refractivity contribution in [2.45, 2.75) is 32.6 Å². The molecule has 3 heterocycles. The number of fused-ring (bicyclic) bond motifs is 2.